The molecule has 0 saturated carbocycles. The normalized spacial score (nSPS) is 21.3. The molecule has 290 valence electrons. The Bertz CT molecular complexity index is 2340. The molecule has 3 aliphatic heterocycles. The predicted octanol–water partition coefficient (Wildman–Crippen LogP) is 10.1. The number of fused-ring (bicyclic) bond motifs is 6. The number of pyridine rings is 2. The maximum Gasteiger partial charge on any atom is 0.494 e. The minimum Gasteiger partial charge on any atom is -0.405 e. The lowest BCUT2D eigenvalue weighted by atomic mass is 9.49. The molecule has 0 unspecified atom stereocenters. The van der Waals surface area contributed by atoms with Crippen molar-refractivity contribution in [1.29, 1.82) is 0 Å². The molecule has 5 heterocycles. The number of aromatic nitrogens is 2. The quantitative estimate of drug-likeness (QED) is 0.126. The molecule has 8 nitrogen and oxygen atoms in total. The van der Waals surface area contributed by atoms with Crippen molar-refractivity contribution >= 4 is 85.6 Å². The zero-order valence-electron chi connectivity index (χ0n) is 34.7. The minimum absolute atomic E-state index is 0.320. The van der Waals surface area contributed by atoms with Crippen molar-refractivity contribution in [2.45, 2.75) is 117 Å². The first-order valence-corrected chi connectivity index (χ1v) is 20.1. The summed E-state index contributed by atoms with van der Waals surface area (Å²) >= 11 is 3.48. The number of rotatable bonds is 2. The average Bonchev–Trinajstić information content (AvgIpc) is 3.60. The lowest BCUT2D eigenvalue weighted by Crippen LogP contribution is -2.41. The molecule has 12 heteroatoms. The lowest BCUT2D eigenvalue weighted by Gasteiger charge is -2.32. The fraction of sp³-hybridized carbons (Fsp3) is 0.409. The highest BCUT2D eigenvalue weighted by Crippen LogP contribution is 2.43. The first-order chi connectivity index (χ1) is 26.1. The summed E-state index contributed by atoms with van der Waals surface area (Å²) in [5, 5.41) is 9.70. The highest BCUT2D eigenvalue weighted by Gasteiger charge is 2.63. The third-order valence-corrected chi connectivity index (χ3v) is 13.0. The SMILES string of the molecule is Brc1ccc2c(ccc3ccncc32)c1.CC1(C)OB(B2OC(C)(C)C(C)(C)O2)OC1(C)C.CC1(C)OB(c2ccc3c(ccc4ccncc43)c2)OC1(C)C. The molecule has 2 aromatic heterocycles. The van der Waals surface area contributed by atoms with Crippen LogP contribution in [0.25, 0.3) is 43.1 Å². The van der Waals surface area contributed by atoms with Crippen LogP contribution in [0.15, 0.2) is 102 Å². The Morgan fingerprint density at radius 1 is 0.411 bits per heavy atom. The van der Waals surface area contributed by atoms with Crippen LogP contribution in [-0.2, 0) is 27.9 Å². The van der Waals surface area contributed by atoms with E-state index < -0.39 is 14.0 Å². The van der Waals surface area contributed by atoms with Gasteiger partial charge in [0.25, 0.3) is 0 Å². The van der Waals surface area contributed by atoms with E-state index in [2.05, 4.69) is 114 Å². The van der Waals surface area contributed by atoms with Crippen molar-refractivity contribution in [1.82, 2.24) is 9.97 Å². The largest absolute Gasteiger partial charge is 0.494 e. The molecule has 4 aromatic carbocycles. The third kappa shape index (κ3) is 7.66. The number of hydrogen-bond acceptors (Lipinski definition) is 8. The van der Waals surface area contributed by atoms with Crippen molar-refractivity contribution < 1.29 is 27.9 Å². The highest BCUT2D eigenvalue weighted by atomic mass is 79.9. The molecule has 3 saturated heterocycles. The Morgan fingerprint density at radius 3 is 1.23 bits per heavy atom. The second kappa shape index (κ2) is 14.5. The van der Waals surface area contributed by atoms with Crippen molar-refractivity contribution in [2.75, 3.05) is 0 Å². The van der Waals surface area contributed by atoms with Crippen LogP contribution >= 0.6 is 15.9 Å². The van der Waals surface area contributed by atoms with Gasteiger partial charge in [0, 0.05) is 40.0 Å². The number of hydrogen-bond donors (Lipinski definition) is 0. The molecule has 0 bridgehead atoms. The zero-order valence-corrected chi connectivity index (χ0v) is 36.3. The molecule has 3 fully saturated rings. The average molecular weight is 817 g/mol. The Morgan fingerprint density at radius 2 is 0.786 bits per heavy atom. The molecular formula is C44H52B3BrN2O6. The van der Waals surface area contributed by atoms with E-state index in [1.165, 1.54) is 43.1 Å². The fourth-order valence-corrected chi connectivity index (χ4v) is 7.30. The Kier molecular flexibility index (Phi) is 10.6. The van der Waals surface area contributed by atoms with Gasteiger partial charge in [-0.15, -0.1) is 0 Å². The van der Waals surface area contributed by atoms with Crippen LogP contribution in [-0.4, -0.2) is 64.7 Å². The maximum atomic E-state index is 6.15. The van der Waals surface area contributed by atoms with Crippen LogP contribution in [0.1, 0.15) is 83.1 Å². The molecule has 0 radical (unpaired) electrons. The molecule has 0 amide bonds. The summed E-state index contributed by atoms with van der Waals surface area (Å²) in [5.74, 6) is 0. The summed E-state index contributed by atoms with van der Waals surface area (Å²) in [6, 6.07) is 25.3. The van der Waals surface area contributed by atoms with Crippen molar-refractivity contribution in [3.8, 4) is 0 Å². The van der Waals surface area contributed by atoms with Crippen LogP contribution < -0.4 is 5.46 Å². The smallest absolute Gasteiger partial charge is 0.405 e. The van der Waals surface area contributed by atoms with E-state index in [0.29, 0.717) is 0 Å². The van der Waals surface area contributed by atoms with Gasteiger partial charge in [-0.1, -0.05) is 64.5 Å². The zero-order chi connectivity index (χ0) is 40.5. The summed E-state index contributed by atoms with van der Waals surface area (Å²) in [4.78, 5) is 8.43. The molecule has 0 aliphatic carbocycles. The van der Waals surface area contributed by atoms with E-state index >= 15 is 0 Å². The second-order valence-corrected chi connectivity index (χ2v) is 18.9. The highest BCUT2D eigenvalue weighted by molar-refractivity contribution is 9.10. The molecular weight excluding hydrogens is 765 g/mol. The van der Waals surface area contributed by atoms with Crippen LogP contribution in [0.4, 0.5) is 0 Å². The molecule has 6 aromatic rings. The van der Waals surface area contributed by atoms with Gasteiger partial charge in [-0.05, 0) is 145 Å². The predicted molar refractivity (Wildman–Crippen MR) is 234 cm³/mol. The number of benzene rings is 4. The van der Waals surface area contributed by atoms with Gasteiger partial charge in [-0.2, -0.15) is 0 Å². The molecule has 0 spiro atoms. The van der Waals surface area contributed by atoms with Gasteiger partial charge < -0.3 is 27.9 Å². The van der Waals surface area contributed by atoms with E-state index in [9.17, 15) is 0 Å². The molecule has 0 atom stereocenters. The molecule has 3 aliphatic rings. The van der Waals surface area contributed by atoms with E-state index in [1.54, 1.807) is 0 Å². The Balaban J connectivity index is 0.000000132. The van der Waals surface area contributed by atoms with E-state index in [0.717, 1.165) is 9.94 Å². The monoisotopic (exact) mass is 816 g/mol. The first kappa shape index (κ1) is 40.8. The number of halogens is 1. The van der Waals surface area contributed by atoms with Gasteiger partial charge in [0.05, 0.1) is 33.6 Å². The van der Waals surface area contributed by atoms with Crippen LogP contribution in [0.2, 0.25) is 0 Å². The summed E-state index contributed by atoms with van der Waals surface area (Å²) in [6.45, 7) is 24.5. The topological polar surface area (TPSA) is 81.2 Å². The number of nitrogens with zero attached hydrogens (tertiary/aromatic N) is 2. The maximum absolute atomic E-state index is 6.15. The van der Waals surface area contributed by atoms with Gasteiger partial charge in [-0.25, -0.2) is 0 Å². The molecule has 9 rings (SSSR count). The summed E-state index contributed by atoms with van der Waals surface area (Å²) < 4.78 is 37.3. The Hall–Kier alpha value is -3.35. The van der Waals surface area contributed by atoms with Crippen molar-refractivity contribution in [3.05, 3.63) is 102 Å². The summed E-state index contributed by atoms with van der Waals surface area (Å²) in [7, 11) is -1.28. The molecule has 56 heavy (non-hydrogen) atoms. The van der Waals surface area contributed by atoms with Crippen molar-refractivity contribution in [2.24, 2.45) is 0 Å². The van der Waals surface area contributed by atoms with Gasteiger partial charge in [0.2, 0.25) is 0 Å². The Labute approximate surface area is 340 Å². The van der Waals surface area contributed by atoms with Gasteiger partial charge in [0.15, 0.2) is 0 Å². The standard InChI is InChI=1S/C19H20BNO2.C13H8BrN.C12H24B2O4/c1-18(2)19(3,4)23-20(22-18)15-7-8-16-14(11-15)6-5-13-9-10-21-12-17(13)16;14-11-3-4-12-10(7-11)2-1-9-5-6-15-8-13(9)12;1-9(2)10(3,4)16-13(15-9)14-17-11(5,6)12(7,8)18-14/h5-12H,1-4H3;1-8H;1-8H3. The molecule has 0 N–H and O–H groups in total. The lowest BCUT2D eigenvalue weighted by molar-refractivity contribution is 0.00578. The van der Waals surface area contributed by atoms with E-state index in [1.807, 2.05) is 92.3 Å². The minimum atomic E-state index is -0.476. The van der Waals surface area contributed by atoms with Gasteiger partial charge in [-0.3, -0.25) is 9.97 Å². The fourth-order valence-electron chi connectivity index (χ4n) is 6.92. The second-order valence-electron chi connectivity index (χ2n) is 18.0. The van der Waals surface area contributed by atoms with Gasteiger partial charge in [0.1, 0.15) is 0 Å². The summed E-state index contributed by atoms with van der Waals surface area (Å²) in [6.07, 6.45) is 7.50. The van der Waals surface area contributed by atoms with Crippen LogP contribution in [0.5, 0.6) is 0 Å². The van der Waals surface area contributed by atoms with Crippen LogP contribution in [0, 0.1) is 0 Å². The van der Waals surface area contributed by atoms with Crippen molar-refractivity contribution in [3.63, 3.8) is 0 Å². The third-order valence-electron chi connectivity index (χ3n) is 12.6. The first-order valence-electron chi connectivity index (χ1n) is 19.4. The van der Waals surface area contributed by atoms with Crippen LogP contribution in [0.3, 0.4) is 0 Å². The van der Waals surface area contributed by atoms with E-state index in [4.69, 9.17) is 27.9 Å². The van der Waals surface area contributed by atoms with Gasteiger partial charge >= 0.3 is 21.1 Å². The summed E-state index contributed by atoms with van der Waals surface area (Å²) in [5.41, 5.74) is -1.02. The van der Waals surface area contributed by atoms with E-state index in [-0.39, 0.29) is 40.7 Å².